The summed E-state index contributed by atoms with van der Waals surface area (Å²) in [5.41, 5.74) is 0.837. The maximum atomic E-state index is 6.09. The molecule has 1 fully saturated rings. The van der Waals surface area contributed by atoms with Crippen molar-refractivity contribution in [2.45, 2.75) is 6.92 Å². The second-order valence-electron chi connectivity index (χ2n) is 3.94. The molecule has 90 valence electrons. The van der Waals surface area contributed by atoms with Crippen molar-refractivity contribution in [1.29, 1.82) is 0 Å². The van der Waals surface area contributed by atoms with Gasteiger partial charge in [-0.25, -0.2) is 4.98 Å². The number of fused-ring (bicyclic) bond motifs is 1. The number of aryl methyl sites for hydroxylation is 1. The van der Waals surface area contributed by atoms with Crippen molar-refractivity contribution in [3.63, 3.8) is 0 Å². The minimum absolute atomic E-state index is 0.527. The van der Waals surface area contributed by atoms with Crippen LogP contribution in [0.15, 0.2) is 6.07 Å². The summed E-state index contributed by atoms with van der Waals surface area (Å²) in [5, 5.41) is 4.89. The second-order valence-corrected chi connectivity index (χ2v) is 4.33. The molecule has 0 amide bonds. The third-order valence-electron chi connectivity index (χ3n) is 2.68. The van der Waals surface area contributed by atoms with Crippen molar-refractivity contribution >= 4 is 23.3 Å². The van der Waals surface area contributed by atoms with Crippen molar-refractivity contribution in [2.75, 3.05) is 31.2 Å². The molecule has 6 nitrogen and oxygen atoms in total. The van der Waals surface area contributed by atoms with E-state index in [1.54, 1.807) is 10.6 Å². The van der Waals surface area contributed by atoms with E-state index in [-0.39, 0.29) is 0 Å². The van der Waals surface area contributed by atoms with Gasteiger partial charge in [0.2, 0.25) is 5.95 Å². The number of hydrogen-bond donors (Lipinski definition) is 0. The average Bonchev–Trinajstić information content (AvgIpc) is 2.74. The first-order valence-corrected chi connectivity index (χ1v) is 5.84. The van der Waals surface area contributed by atoms with E-state index >= 15 is 0 Å². The van der Waals surface area contributed by atoms with Crippen LogP contribution in [0.5, 0.6) is 0 Å². The molecule has 0 spiro atoms. The van der Waals surface area contributed by atoms with E-state index in [4.69, 9.17) is 16.3 Å². The maximum absolute atomic E-state index is 6.09. The summed E-state index contributed by atoms with van der Waals surface area (Å²) >= 11 is 6.09. The van der Waals surface area contributed by atoms with E-state index in [1.807, 2.05) is 6.92 Å². The highest BCUT2D eigenvalue weighted by molar-refractivity contribution is 6.29. The zero-order valence-electron chi connectivity index (χ0n) is 9.43. The Labute approximate surface area is 103 Å². The monoisotopic (exact) mass is 253 g/mol. The number of rotatable bonds is 1. The molecule has 1 aliphatic heterocycles. The molecule has 0 N–H and O–H groups in total. The molecular formula is C10H12ClN5O. The number of hydrogen-bond acceptors (Lipinski definition) is 5. The van der Waals surface area contributed by atoms with E-state index in [0.717, 1.165) is 18.8 Å². The van der Waals surface area contributed by atoms with Crippen LogP contribution in [0.3, 0.4) is 0 Å². The quantitative estimate of drug-likeness (QED) is 0.708. The lowest BCUT2D eigenvalue weighted by Crippen LogP contribution is -2.36. The molecule has 3 heterocycles. The SMILES string of the molecule is Cc1cc(Cl)n2nc(N3CCOCC3)nc2n1. The van der Waals surface area contributed by atoms with Gasteiger partial charge in [-0.1, -0.05) is 11.6 Å². The van der Waals surface area contributed by atoms with E-state index in [0.29, 0.717) is 30.1 Å². The maximum Gasteiger partial charge on any atom is 0.255 e. The van der Waals surface area contributed by atoms with E-state index in [9.17, 15) is 0 Å². The molecule has 3 rings (SSSR count). The molecule has 0 atom stereocenters. The van der Waals surface area contributed by atoms with E-state index in [1.165, 1.54) is 0 Å². The van der Waals surface area contributed by atoms with Gasteiger partial charge in [0.25, 0.3) is 5.78 Å². The fourth-order valence-corrected chi connectivity index (χ4v) is 2.10. The molecule has 0 bridgehead atoms. The van der Waals surface area contributed by atoms with Crippen LogP contribution in [0.2, 0.25) is 5.15 Å². The van der Waals surface area contributed by atoms with Crippen LogP contribution in [0, 0.1) is 6.92 Å². The normalized spacial score (nSPS) is 16.7. The van der Waals surface area contributed by atoms with Gasteiger partial charge in [-0.2, -0.15) is 9.50 Å². The Morgan fingerprint density at radius 3 is 2.82 bits per heavy atom. The second kappa shape index (κ2) is 4.12. The number of ether oxygens (including phenoxy) is 1. The molecule has 2 aromatic rings. The Morgan fingerprint density at radius 1 is 1.29 bits per heavy atom. The Hall–Kier alpha value is -1.40. The molecule has 0 aromatic carbocycles. The molecular weight excluding hydrogens is 242 g/mol. The molecule has 0 radical (unpaired) electrons. The number of morpholine rings is 1. The van der Waals surface area contributed by atoms with Crippen molar-refractivity contribution < 1.29 is 4.74 Å². The average molecular weight is 254 g/mol. The standard InChI is InChI=1S/C10H12ClN5O/c1-7-6-8(11)16-9(12-7)13-10(14-16)15-2-4-17-5-3-15/h6H,2-5H2,1H3. The Balaban J connectivity index is 2.03. The Kier molecular flexibility index (Phi) is 2.60. The highest BCUT2D eigenvalue weighted by Crippen LogP contribution is 2.16. The predicted molar refractivity (Wildman–Crippen MR) is 63.6 cm³/mol. The van der Waals surface area contributed by atoms with Gasteiger partial charge < -0.3 is 9.64 Å². The lowest BCUT2D eigenvalue weighted by atomic mass is 10.4. The Morgan fingerprint density at radius 2 is 2.06 bits per heavy atom. The van der Waals surface area contributed by atoms with Gasteiger partial charge in [0.15, 0.2) is 0 Å². The summed E-state index contributed by atoms with van der Waals surface area (Å²) in [6, 6.07) is 1.77. The van der Waals surface area contributed by atoms with Crippen LogP contribution in [-0.4, -0.2) is 45.9 Å². The van der Waals surface area contributed by atoms with Gasteiger partial charge >= 0.3 is 0 Å². The first-order chi connectivity index (χ1) is 8.24. The minimum Gasteiger partial charge on any atom is -0.378 e. The fourth-order valence-electron chi connectivity index (χ4n) is 1.83. The molecule has 0 unspecified atom stereocenters. The lowest BCUT2D eigenvalue weighted by Gasteiger charge is -2.25. The van der Waals surface area contributed by atoms with Gasteiger partial charge in [0.05, 0.1) is 13.2 Å². The lowest BCUT2D eigenvalue weighted by molar-refractivity contribution is 0.122. The molecule has 17 heavy (non-hydrogen) atoms. The van der Waals surface area contributed by atoms with Crippen molar-refractivity contribution in [2.24, 2.45) is 0 Å². The number of halogens is 1. The van der Waals surface area contributed by atoms with Crippen LogP contribution in [0.4, 0.5) is 5.95 Å². The number of anilines is 1. The highest BCUT2D eigenvalue weighted by atomic mass is 35.5. The Bertz CT molecular complexity index is 549. The highest BCUT2D eigenvalue weighted by Gasteiger charge is 2.17. The third kappa shape index (κ3) is 1.94. The van der Waals surface area contributed by atoms with Crippen LogP contribution >= 0.6 is 11.6 Å². The first-order valence-electron chi connectivity index (χ1n) is 5.46. The van der Waals surface area contributed by atoms with Crippen LogP contribution in [0.25, 0.3) is 5.78 Å². The fraction of sp³-hybridized carbons (Fsp3) is 0.500. The number of nitrogens with zero attached hydrogens (tertiary/aromatic N) is 5. The predicted octanol–water partition coefficient (Wildman–Crippen LogP) is 0.923. The molecule has 1 saturated heterocycles. The van der Waals surface area contributed by atoms with Crippen molar-refractivity contribution in [1.82, 2.24) is 19.6 Å². The van der Waals surface area contributed by atoms with Gasteiger partial charge in [0, 0.05) is 18.8 Å². The summed E-state index contributed by atoms with van der Waals surface area (Å²) < 4.78 is 6.85. The van der Waals surface area contributed by atoms with Gasteiger partial charge in [-0.15, -0.1) is 5.10 Å². The molecule has 1 aliphatic rings. The van der Waals surface area contributed by atoms with Crippen molar-refractivity contribution in [3.05, 3.63) is 16.9 Å². The van der Waals surface area contributed by atoms with Crippen LogP contribution in [-0.2, 0) is 4.74 Å². The van der Waals surface area contributed by atoms with Crippen LogP contribution < -0.4 is 4.90 Å². The molecule has 0 aliphatic carbocycles. The zero-order valence-corrected chi connectivity index (χ0v) is 10.2. The first kappa shape index (κ1) is 10.7. The summed E-state index contributed by atoms with van der Waals surface area (Å²) in [5.74, 6) is 1.20. The van der Waals surface area contributed by atoms with E-state index in [2.05, 4.69) is 20.0 Å². The largest absolute Gasteiger partial charge is 0.378 e. The summed E-state index contributed by atoms with van der Waals surface area (Å²) in [4.78, 5) is 10.8. The zero-order chi connectivity index (χ0) is 11.8. The summed E-state index contributed by atoms with van der Waals surface area (Å²) in [7, 11) is 0. The molecule has 7 heteroatoms. The van der Waals surface area contributed by atoms with Gasteiger partial charge in [0.1, 0.15) is 5.15 Å². The van der Waals surface area contributed by atoms with Gasteiger partial charge in [-0.05, 0) is 13.0 Å². The molecule has 0 saturated carbocycles. The summed E-state index contributed by atoms with van der Waals surface area (Å²) in [6.07, 6.45) is 0. The van der Waals surface area contributed by atoms with E-state index < -0.39 is 0 Å². The number of aromatic nitrogens is 4. The van der Waals surface area contributed by atoms with Crippen LogP contribution in [0.1, 0.15) is 5.69 Å². The topological polar surface area (TPSA) is 55.5 Å². The minimum atomic E-state index is 0.527. The third-order valence-corrected chi connectivity index (χ3v) is 2.95. The summed E-state index contributed by atoms with van der Waals surface area (Å²) in [6.45, 7) is 4.89. The molecule has 2 aromatic heterocycles. The van der Waals surface area contributed by atoms with Gasteiger partial charge in [-0.3, -0.25) is 0 Å². The van der Waals surface area contributed by atoms with Crippen molar-refractivity contribution in [3.8, 4) is 0 Å². The smallest absolute Gasteiger partial charge is 0.255 e.